The molecule has 2 fully saturated rings. The Morgan fingerprint density at radius 2 is 1.62 bits per heavy atom. The Morgan fingerprint density at radius 1 is 0.969 bits per heavy atom. The number of rotatable bonds is 3. The van der Waals surface area contributed by atoms with Gasteiger partial charge in [0.25, 0.3) is 5.91 Å². The molecule has 0 radical (unpaired) electrons. The second-order valence-electron chi connectivity index (χ2n) is 10.4. The highest BCUT2D eigenvalue weighted by Crippen LogP contribution is 2.40. The van der Waals surface area contributed by atoms with Crippen molar-refractivity contribution in [1.29, 1.82) is 0 Å². The van der Waals surface area contributed by atoms with Crippen LogP contribution in [0.2, 0.25) is 0 Å². The maximum absolute atomic E-state index is 13.1. The third kappa shape index (κ3) is 4.38. The number of piperazine rings is 1. The summed E-state index contributed by atoms with van der Waals surface area (Å²) in [5.74, 6) is 0.252. The molecule has 0 bridgehead atoms. The molecule has 5 heteroatoms. The fourth-order valence-electron chi connectivity index (χ4n) is 5.14. The van der Waals surface area contributed by atoms with Gasteiger partial charge >= 0.3 is 0 Å². The number of aryl methyl sites for hydroxylation is 2. The van der Waals surface area contributed by atoms with E-state index in [-0.39, 0.29) is 29.1 Å². The minimum Gasteiger partial charge on any atom is -0.368 e. The van der Waals surface area contributed by atoms with Crippen LogP contribution >= 0.6 is 0 Å². The van der Waals surface area contributed by atoms with Crippen LogP contribution in [0.1, 0.15) is 53.7 Å². The molecule has 4 rings (SSSR count). The molecule has 2 atom stereocenters. The van der Waals surface area contributed by atoms with Crippen molar-refractivity contribution < 1.29 is 9.59 Å². The second kappa shape index (κ2) is 8.61. The largest absolute Gasteiger partial charge is 0.368 e. The molecule has 2 aromatic carbocycles. The summed E-state index contributed by atoms with van der Waals surface area (Å²) in [5.41, 5.74) is 5.54. The summed E-state index contributed by atoms with van der Waals surface area (Å²) in [4.78, 5) is 29.9. The minimum atomic E-state index is -0.152. The predicted molar refractivity (Wildman–Crippen MR) is 129 cm³/mol. The topological polar surface area (TPSA) is 52.7 Å². The Kier molecular flexibility index (Phi) is 6.02. The minimum absolute atomic E-state index is 0.0355. The molecule has 2 amide bonds. The normalized spacial score (nSPS) is 21.6. The van der Waals surface area contributed by atoms with Crippen molar-refractivity contribution in [3.8, 4) is 0 Å². The fraction of sp³-hybridized carbons (Fsp3) is 0.481. The van der Waals surface area contributed by atoms with Gasteiger partial charge in [-0.3, -0.25) is 9.59 Å². The Balaban J connectivity index is 1.42. The molecule has 0 spiro atoms. The van der Waals surface area contributed by atoms with E-state index in [1.165, 1.54) is 16.8 Å². The molecule has 0 saturated carbocycles. The first-order valence-electron chi connectivity index (χ1n) is 11.6. The van der Waals surface area contributed by atoms with Crippen molar-refractivity contribution in [3.05, 3.63) is 64.7 Å². The highest BCUT2D eigenvalue weighted by Gasteiger charge is 2.42. The van der Waals surface area contributed by atoms with Crippen molar-refractivity contribution in [1.82, 2.24) is 10.2 Å². The highest BCUT2D eigenvalue weighted by molar-refractivity contribution is 5.94. The molecule has 1 N–H and O–H groups in total. The number of amides is 2. The van der Waals surface area contributed by atoms with E-state index in [0.717, 1.165) is 18.7 Å². The fourth-order valence-corrected chi connectivity index (χ4v) is 5.14. The molecule has 32 heavy (non-hydrogen) atoms. The molecule has 2 aliphatic heterocycles. The van der Waals surface area contributed by atoms with Gasteiger partial charge in [-0.25, -0.2) is 0 Å². The van der Waals surface area contributed by atoms with E-state index in [1.54, 1.807) is 0 Å². The van der Waals surface area contributed by atoms with E-state index in [2.05, 4.69) is 63.0 Å². The van der Waals surface area contributed by atoms with Crippen molar-refractivity contribution in [2.24, 2.45) is 11.3 Å². The van der Waals surface area contributed by atoms with Gasteiger partial charge in [0, 0.05) is 44.0 Å². The number of hydrogen-bond donors (Lipinski definition) is 1. The Hall–Kier alpha value is -2.82. The predicted octanol–water partition coefficient (Wildman–Crippen LogP) is 4.14. The third-order valence-corrected chi connectivity index (χ3v) is 7.07. The van der Waals surface area contributed by atoms with Crippen LogP contribution in [-0.2, 0) is 4.79 Å². The van der Waals surface area contributed by atoms with E-state index in [1.807, 2.05) is 29.2 Å². The van der Waals surface area contributed by atoms with Crippen LogP contribution in [0.4, 0.5) is 5.69 Å². The third-order valence-electron chi connectivity index (χ3n) is 7.07. The van der Waals surface area contributed by atoms with Gasteiger partial charge in [-0.05, 0) is 54.5 Å². The van der Waals surface area contributed by atoms with Crippen LogP contribution < -0.4 is 10.2 Å². The SMILES string of the molecule is Cc1ccc(N2CCN(C(=O)c3ccc([C@@H]4C(=O)NCC4C(C)(C)C)cc3)CC2)c(C)c1. The van der Waals surface area contributed by atoms with Crippen LogP contribution in [-0.4, -0.2) is 49.4 Å². The number of nitrogens with zero attached hydrogens (tertiary/aromatic N) is 2. The van der Waals surface area contributed by atoms with Gasteiger partial charge < -0.3 is 15.1 Å². The molecule has 2 aromatic rings. The van der Waals surface area contributed by atoms with Crippen LogP contribution in [0.15, 0.2) is 42.5 Å². The summed E-state index contributed by atoms with van der Waals surface area (Å²) >= 11 is 0. The standard InChI is InChI=1S/C27H35N3O2/c1-18-6-11-23(19(2)16-18)29-12-14-30(15-13-29)26(32)21-9-7-20(8-10-21)24-22(27(3,4)5)17-28-25(24)31/h6-11,16,22,24H,12-15,17H2,1-5H3,(H,28,31)/t22?,24-/m0/s1. The average molecular weight is 434 g/mol. The van der Waals surface area contributed by atoms with Crippen molar-refractivity contribution in [3.63, 3.8) is 0 Å². The van der Waals surface area contributed by atoms with E-state index >= 15 is 0 Å². The van der Waals surface area contributed by atoms with Gasteiger partial charge in [0.05, 0.1) is 5.92 Å². The smallest absolute Gasteiger partial charge is 0.253 e. The summed E-state index contributed by atoms with van der Waals surface area (Å²) in [5, 5.41) is 3.02. The lowest BCUT2D eigenvalue weighted by Gasteiger charge is -2.37. The maximum Gasteiger partial charge on any atom is 0.253 e. The summed E-state index contributed by atoms with van der Waals surface area (Å²) in [6, 6.07) is 14.3. The number of nitrogens with one attached hydrogen (secondary N) is 1. The summed E-state index contributed by atoms with van der Waals surface area (Å²) in [6.07, 6.45) is 0. The van der Waals surface area contributed by atoms with Crippen LogP contribution in [0.25, 0.3) is 0 Å². The van der Waals surface area contributed by atoms with Gasteiger partial charge in [0.1, 0.15) is 0 Å². The average Bonchev–Trinajstić information content (AvgIpc) is 3.15. The molecule has 2 heterocycles. The lowest BCUT2D eigenvalue weighted by molar-refractivity contribution is -0.121. The zero-order valence-corrected chi connectivity index (χ0v) is 19.9. The lowest BCUT2D eigenvalue weighted by Crippen LogP contribution is -2.49. The molecule has 2 saturated heterocycles. The molecule has 0 aliphatic carbocycles. The Labute approximate surface area is 191 Å². The van der Waals surface area contributed by atoms with Crippen LogP contribution in [0, 0.1) is 25.2 Å². The van der Waals surface area contributed by atoms with Crippen molar-refractivity contribution >= 4 is 17.5 Å². The molecule has 2 aliphatic rings. The molecule has 1 unspecified atom stereocenters. The Morgan fingerprint density at radius 3 is 2.22 bits per heavy atom. The summed E-state index contributed by atoms with van der Waals surface area (Å²) in [6.45, 7) is 14.6. The van der Waals surface area contributed by atoms with Crippen molar-refractivity contribution in [2.75, 3.05) is 37.6 Å². The highest BCUT2D eigenvalue weighted by atomic mass is 16.2. The number of hydrogen-bond acceptors (Lipinski definition) is 3. The van der Waals surface area contributed by atoms with Gasteiger partial charge in [0.2, 0.25) is 5.91 Å². The molecular formula is C27H35N3O2. The molecule has 0 aromatic heterocycles. The van der Waals surface area contributed by atoms with Crippen molar-refractivity contribution in [2.45, 2.75) is 40.5 Å². The first kappa shape index (κ1) is 22.4. The first-order valence-corrected chi connectivity index (χ1v) is 11.6. The summed E-state index contributed by atoms with van der Waals surface area (Å²) in [7, 11) is 0. The number of benzene rings is 2. The molecule has 170 valence electrons. The van der Waals surface area contributed by atoms with Gasteiger partial charge in [-0.2, -0.15) is 0 Å². The molecular weight excluding hydrogens is 398 g/mol. The van der Waals surface area contributed by atoms with Gasteiger partial charge in [0.15, 0.2) is 0 Å². The lowest BCUT2D eigenvalue weighted by atomic mass is 9.72. The van der Waals surface area contributed by atoms with E-state index in [9.17, 15) is 9.59 Å². The zero-order chi connectivity index (χ0) is 23.0. The van der Waals surface area contributed by atoms with E-state index < -0.39 is 0 Å². The van der Waals surface area contributed by atoms with E-state index in [4.69, 9.17) is 0 Å². The first-order chi connectivity index (χ1) is 15.1. The number of anilines is 1. The Bertz CT molecular complexity index is 999. The van der Waals surface area contributed by atoms with E-state index in [0.29, 0.717) is 25.2 Å². The molecule has 5 nitrogen and oxygen atoms in total. The van der Waals surface area contributed by atoms with Crippen LogP contribution in [0.5, 0.6) is 0 Å². The summed E-state index contributed by atoms with van der Waals surface area (Å²) < 4.78 is 0. The number of carbonyl (C=O) groups excluding carboxylic acids is 2. The van der Waals surface area contributed by atoms with Crippen LogP contribution in [0.3, 0.4) is 0 Å². The van der Waals surface area contributed by atoms with Gasteiger partial charge in [-0.15, -0.1) is 0 Å². The van der Waals surface area contributed by atoms with Gasteiger partial charge in [-0.1, -0.05) is 50.6 Å². The quantitative estimate of drug-likeness (QED) is 0.792. The monoisotopic (exact) mass is 433 g/mol. The zero-order valence-electron chi connectivity index (χ0n) is 19.9. The second-order valence-corrected chi connectivity index (χ2v) is 10.4. The maximum atomic E-state index is 13.1. The number of carbonyl (C=O) groups is 2.